The van der Waals surface area contributed by atoms with E-state index in [4.69, 9.17) is 4.74 Å². The van der Waals surface area contributed by atoms with E-state index < -0.39 is 35.0 Å². The number of aromatic hydroxyl groups is 1. The lowest BCUT2D eigenvalue weighted by Crippen LogP contribution is -2.78. The number of benzene rings is 1. The summed E-state index contributed by atoms with van der Waals surface area (Å²) in [5.41, 5.74) is -0.492. The number of piperidine rings is 1. The molecule has 1 aromatic rings. The van der Waals surface area contributed by atoms with Gasteiger partial charge in [-0.25, -0.2) is 0 Å². The monoisotopic (exact) mass is 442 g/mol. The van der Waals surface area contributed by atoms with Crippen LogP contribution in [0.1, 0.15) is 43.7 Å². The molecular weight excluding hydrogens is 412 g/mol. The van der Waals surface area contributed by atoms with Gasteiger partial charge < -0.3 is 25.4 Å². The Bertz CT molecular complexity index is 1010. The number of ether oxygens (including phenoxy) is 1. The fraction of sp³-hybridized carbons (Fsp3) is 0.667. The topological polar surface area (TPSA) is 119 Å². The van der Waals surface area contributed by atoms with Crippen LogP contribution in [0.4, 0.5) is 0 Å². The zero-order valence-corrected chi connectivity index (χ0v) is 18.2. The van der Waals surface area contributed by atoms with Crippen LogP contribution in [0, 0.1) is 11.8 Å². The molecule has 0 aromatic heterocycles. The Morgan fingerprint density at radius 3 is 2.88 bits per heavy atom. The molecule has 0 radical (unpaired) electrons. The zero-order valence-electron chi connectivity index (χ0n) is 18.2. The van der Waals surface area contributed by atoms with Crippen LogP contribution in [0.3, 0.4) is 0 Å². The van der Waals surface area contributed by atoms with E-state index in [0.29, 0.717) is 18.8 Å². The van der Waals surface area contributed by atoms with Gasteiger partial charge >= 0.3 is 0 Å². The number of nitrogens with zero attached hydrogens (tertiary/aromatic N) is 1. The van der Waals surface area contributed by atoms with Crippen molar-refractivity contribution < 1.29 is 29.6 Å². The Morgan fingerprint density at radius 1 is 1.38 bits per heavy atom. The number of phenols is 1. The molecule has 1 spiro atoms. The first-order chi connectivity index (χ1) is 15.3. The molecule has 2 bridgehead atoms. The van der Waals surface area contributed by atoms with Gasteiger partial charge in [0.15, 0.2) is 23.4 Å². The van der Waals surface area contributed by atoms with Crippen LogP contribution in [0.25, 0.3) is 0 Å². The highest BCUT2D eigenvalue weighted by Gasteiger charge is 2.75. The molecule has 32 heavy (non-hydrogen) atoms. The SMILES string of the molecule is C[C@H](CO)NC(=O)C1C[C@@]2(O)[C@H]3Cc4ccc(O)c5c4[C@@]2(CCN3CC2CC2)[C@@H](O5)C1=O. The quantitative estimate of drug-likeness (QED) is 0.483. The Hall–Kier alpha value is -2.16. The van der Waals surface area contributed by atoms with Gasteiger partial charge in [-0.3, -0.25) is 14.5 Å². The second-order valence-electron chi connectivity index (χ2n) is 10.5. The second kappa shape index (κ2) is 6.68. The third-order valence-corrected chi connectivity index (χ3v) is 8.61. The number of amides is 1. The predicted octanol–water partition coefficient (Wildman–Crippen LogP) is 0.249. The Balaban J connectivity index is 1.48. The summed E-state index contributed by atoms with van der Waals surface area (Å²) < 4.78 is 6.12. The van der Waals surface area contributed by atoms with Crippen molar-refractivity contribution in [3.63, 3.8) is 0 Å². The molecule has 4 N–H and O–H groups in total. The van der Waals surface area contributed by atoms with Crippen molar-refractivity contribution in [2.45, 2.75) is 68.2 Å². The van der Waals surface area contributed by atoms with Gasteiger partial charge in [-0.15, -0.1) is 0 Å². The van der Waals surface area contributed by atoms with Crippen LogP contribution in [0.5, 0.6) is 11.5 Å². The van der Waals surface area contributed by atoms with E-state index in [9.17, 15) is 24.9 Å². The van der Waals surface area contributed by atoms with E-state index in [1.54, 1.807) is 13.0 Å². The third-order valence-electron chi connectivity index (χ3n) is 8.61. The highest BCUT2D eigenvalue weighted by atomic mass is 16.5. The minimum atomic E-state index is -1.32. The minimum absolute atomic E-state index is 0.0239. The van der Waals surface area contributed by atoms with Crippen molar-refractivity contribution >= 4 is 11.7 Å². The van der Waals surface area contributed by atoms with Gasteiger partial charge in [0.1, 0.15) is 5.92 Å². The number of phenolic OH excluding ortho intramolecular Hbond substituents is 1. The first-order valence-electron chi connectivity index (χ1n) is 11.7. The van der Waals surface area contributed by atoms with Gasteiger partial charge in [0.2, 0.25) is 5.91 Å². The Labute approximate surface area is 186 Å². The van der Waals surface area contributed by atoms with E-state index >= 15 is 0 Å². The molecule has 8 nitrogen and oxygen atoms in total. The fourth-order valence-electron chi connectivity index (χ4n) is 6.91. The molecule has 8 heteroatoms. The maximum atomic E-state index is 13.6. The van der Waals surface area contributed by atoms with Crippen molar-refractivity contribution in [1.82, 2.24) is 10.2 Å². The van der Waals surface area contributed by atoms with Crippen LogP contribution in [-0.4, -0.2) is 75.4 Å². The van der Waals surface area contributed by atoms with Gasteiger partial charge in [0.05, 0.1) is 17.6 Å². The molecule has 172 valence electrons. The van der Waals surface area contributed by atoms with Crippen molar-refractivity contribution in [3.8, 4) is 11.5 Å². The second-order valence-corrected chi connectivity index (χ2v) is 10.5. The Kier molecular flexibility index (Phi) is 4.27. The van der Waals surface area contributed by atoms with Gasteiger partial charge in [0.25, 0.3) is 0 Å². The molecule has 6 rings (SSSR count). The number of hydrogen-bond donors (Lipinski definition) is 4. The highest BCUT2D eigenvalue weighted by Crippen LogP contribution is 2.65. The average molecular weight is 443 g/mol. The summed E-state index contributed by atoms with van der Waals surface area (Å²) in [7, 11) is 0. The lowest BCUT2D eigenvalue weighted by atomic mass is 9.47. The Morgan fingerprint density at radius 2 is 2.16 bits per heavy atom. The first-order valence-corrected chi connectivity index (χ1v) is 11.7. The van der Waals surface area contributed by atoms with Crippen molar-refractivity contribution in [3.05, 3.63) is 23.3 Å². The summed E-state index contributed by atoms with van der Waals surface area (Å²) >= 11 is 0. The average Bonchev–Trinajstić information content (AvgIpc) is 3.50. The molecule has 1 amide bonds. The van der Waals surface area contributed by atoms with E-state index in [0.717, 1.165) is 24.2 Å². The van der Waals surface area contributed by atoms with Crippen LogP contribution >= 0.6 is 0 Å². The molecule has 5 aliphatic rings. The number of aliphatic hydroxyl groups excluding tert-OH is 1. The number of hydrogen-bond acceptors (Lipinski definition) is 7. The molecule has 2 heterocycles. The third kappa shape index (κ3) is 2.48. The standard InChI is InChI=1S/C24H30N2O6/c1-12(11-27)25-22(30)15-9-24(31)17-8-14-4-5-16(28)20-18(14)23(24,21(32-20)19(15)29)6-7-26(17)10-13-2-3-13/h4-5,12-13,15,17,21,27-28,31H,2-3,6-11H2,1H3,(H,25,30)/t12-,15?,17-,21+,23+,24-/m1/s1. The van der Waals surface area contributed by atoms with Gasteiger partial charge in [0, 0.05) is 24.2 Å². The first kappa shape index (κ1) is 20.4. The number of nitrogens with one attached hydrogen (secondary N) is 1. The van der Waals surface area contributed by atoms with Crippen molar-refractivity contribution in [2.24, 2.45) is 11.8 Å². The van der Waals surface area contributed by atoms with Crippen LogP contribution in [-0.2, 0) is 21.4 Å². The summed E-state index contributed by atoms with van der Waals surface area (Å²) in [6.07, 6.45) is 2.57. The molecule has 1 unspecified atom stereocenters. The number of rotatable bonds is 5. The number of carbonyl (C=O) groups is 2. The van der Waals surface area contributed by atoms with Crippen LogP contribution in [0.2, 0.25) is 0 Å². The maximum Gasteiger partial charge on any atom is 0.231 e. The molecule has 6 atom stereocenters. The molecule has 2 aliphatic heterocycles. The van der Waals surface area contributed by atoms with Crippen molar-refractivity contribution in [2.75, 3.05) is 19.7 Å². The lowest BCUT2D eigenvalue weighted by Gasteiger charge is -2.63. The largest absolute Gasteiger partial charge is 0.504 e. The minimum Gasteiger partial charge on any atom is -0.504 e. The predicted molar refractivity (Wildman–Crippen MR) is 113 cm³/mol. The van der Waals surface area contributed by atoms with Crippen LogP contribution < -0.4 is 10.1 Å². The number of aliphatic hydroxyl groups is 2. The zero-order chi connectivity index (χ0) is 22.4. The fourth-order valence-corrected chi connectivity index (χ4v) is 6.91. The number of likely N-dealkylation sites (tertiary alicyclic amines) is 1. The van der Waals surface area contributed by atoms with Gasteiger partial charge in [-0.2, -0.15) is 0 Å². The van der Waals surface area contributed by atoms with E-state index in [-0.39, 0.29) is 36.4 Å². The molecule has 1 saturated heterocycles. The molecule has 1 aromatic carbocycles. The van der Waals surface area contributed by atoms with Gasteiger partial charge in [-0.05, 0) is 63.1 Å². The summed E-state index contributed by atoms with van der Waals surface area (Å²) in [5, 5.41) is 35.0. The molecular formula is C24H30N2O6. The van der Waals surface area contributed by atoms with E-state index in [1.807, 2.05) is 6.07 Å². The maximum absolute atomic E-state index is 13.6. The lowest BCUT2D eigenvalue weighted by molar-refractivity contribution is -0.198. The van der Waals surface area contributed by atoms with Gasteiger partial charge in [-0.1, -0.05) is 6.07 Å². The number of Topliss-reactive ketones (excluding diaryl/α,β-unsaturated/α-hetero) is 1. The van der Waals surface area contributed by atoms with E-state index in [2.05, 4.69) is 10.2 Å². The number of carbonyl (C=O) groups excluding carboxylic acids is 2. The summed E-state index contributed by atoms with van der Waals surface area (Å²) in [5.74, 6) is -0.991. The summed E-state index contributed by atoms with van der Waals surface area (Å²) in [4.78, 5) is 29.0. The van der Waals surface area contributed by atoms with E-state index in [1.165, 1.54) is 12.8 Å². The summed E-state index contributed by atoms with van der Waals surface area (Å²) in [6.45, 7) is 3.10. The summed E-state index contributed by atoms with van der Waals surface area (Å²) in [6, 6.07) is 2.78. The molecule has 3 aliphatic carbocycles. The van der Waals surface area contributed by atoms with Crippen molar-refractivity contribution in [1.29, 1.82) is 0 Å². The molecule has 2 saturated carbocycles. The molecule has 3 fully saturated rings. The normalized spacial score (nSPS) is 38.1. The number of ketones is 1. The van der Waals surface area contributed by atoms with Crippen LogP contribution in [0.15, 0.2) is 12.1 Å². The highest BCUT2D eigenvalue weighted by molar-refractivity contribution is 6.06. The smallest absolute Gasteiger partial charge is 0.231 e.